The lowest BCUT2D eigenvalue weighted by molar-refractivity contribution is -0.186. The second kappa shape index (κ2) is 20.6. The summed E-state index contributed by atoms with van der Waals surface area (Å²) < 4.78 is 0. The highest BCUT2D eigenvalue weighted by Crippen LogP contribution is 2.85. The minimum absolute atomic E-state index is 0.00848. The Kier molecular flexibility index (Phi) is 13.4. The predicted octanol–water partition coefficient (Wildman–Crippen LogP) is 13.8. The summed E-state index contributed by atoms with van der Waals surface area (Å²) in [6, 6.07) is 28.0. The number of carbonyl (C=O) groups is 1. The van der Waals surface area contributed by atoms with Crippen LogP contribution in [0.15, 0.2) is 138 Å². The zero-order valence-corrected chi connectivity index (χ0v) is 51.0. The van der Waals surface area contributed by atoms with Crippen molar-refractivity contribution in [2.45, 2.75) is 153 Å². The minimum atomic E-state index is -0.751. The zero-order valence-electron chi connectivity index (χ0n) is 49.4. The smallest absolute Gasteiger partial charge is 0.306 e. The van der Waals surface area contributed by atoms with E-state index in [1.807, 2.05) is 10.8 Å². The van der Waals surface area contributed by atoms with Gasteiger partial charge in [-0.3, -0.25) is 4.79 Å². The van der Waals surface area contributed by atoms with E-state index in [1.54, 1.807) is 11.1 Å². The van der Waals surface area contributed by atoms with E-state index in [-0.39, 0.29) is 35.0 Å². The van der Waals surface area contributed by atoms with Crippen molar-refractivity contribution in [1.29, 1.82) is 0 Å². The van der Waals surface area contributed by atoms with Gasteiger partial charge >= 0.3 is 5.97 Å². The molecule has 5 N–H and O–H groups in total. The van der Waals surface area contributed by atoms with Gasteiger partial charge in [-0.1, -0.05) is 174 Å². The quantitative estimate of drug-likeness (QED) is 0.0983. The van der Waals surface area contributed by atoms with Gasteiger partial charge < -0.3 is 26.0 Å². The van der Waals surface area contributed by atoms with Crippen molar-refractivity contribution in [1.82, 2.24) is 10.6 Å². The van der Waals surface area contributed by atoms with Crippen molar-refractivity contribution in [3.05, 3.63) is 171 Å². The van der Waals surface area contributed by atoms with Crippen LogP contribution in [0.5, 0.6) is 0 Å². The molecule has 0 amide bonds. The number of aliphatic hydroxyl groups is 2. The lowest BCUT2D eigenvalue weighted by Crippen LogP contribution is -2.71. The van der Waals surface area contributed by atoms with Gasteiger partial charge in [-0.25, -0.2) is 0 Å². The first-order valence-corrected chi connectivity index (χ1v) is 35.4. The van der Waals surface area contributed by atoms with Gasteiger partial charge in [-0.05, 0) is 180 Å². The van der Waals surface area contributed by atoms with Gasteiger partial charge in [-0.2, -0.15) is 0 Å². The van der Waals surface area contributed by atoms with Crippen molar-refractivity contribution in [2.24, 2.45) is 80.3 Å². The fourth-order valence-electron chi connectivity index (χ4n) is 22.9. The summed E-state index contributed by atoms with van der Waals surface area (Å²) in [6.45, 7) is 9.09. The van der Waals surface area contributed by atoms with Crippen molar-refractivity contribution in [3.63, 3.8) is 0 Å². The van der Waals surface area contributed by atoms with E-state index in [9.17, 15) is 20.1 Å². The van der Waals surface area contributed by atoms with Crippen LogP contribution in [-0.2, 0) is 17.0 Å². The molecule has 6 nitrogen and oxygen atoms in total. The molecule has 0 aromatic heterocycles. The van der Waals surface area contributed by atoms with E-state index in [0.717, 1.165) is 88.2 Å². The molecule has 8 heteroatoms. The molecule has 20 rings (SSSR count). The lowest BCUT2D eigenvalue weighted by Gasteiger charge is -2.76. The van der Waals surface area contributed by atoms with E-state index in [4.69, 9.17) is 6.58 Å². The SMILES string of the molecule is C=C1CCC(C(=O)O)C2C(O)CC34CC5Cc6ccccc6CSSCC6C3=C(CC(C5)C24C)C23CCC(O)C45CC#CCC(C7=c8ccccc8=CC2C7=CC6(C=CC4)C53)c2cccc(c2)C2=CC=C(NCCCC1C1CCCCC1)NC2. The highest BCUT2D eigenvalue weighted by molar-refractivity contribution is 8.76. The molecule has 3 aromatic carbocycles. The Morgan fingerprint density at radius 3 is 2.58 bits per heavy atom. The number of carboxylic acids is 1. The van der Waals surface area contributed by atoms with E-state index in [2.05, 4.69) is 149 Å². The third-order valence-corrected chi connectivity index (χ3v) is 28.3. The van der Waals surface area contributed by atoms with Crippen LogP contribution in [-0.4, -0.2) is 52.3 Å². The molecule has 3 aromatic rings. The molecule has 17 aliphatic rings. The Morgan fingerprint density at radius 1 is 0.869 bits per heavy atom. The van der Waals surface area contributed by atoms with Gasteiger partial charge in [0.05, 0.1) is 23.9 Å². The Labute approximate surface area is 506 Å². The number of hydrogen-bond donors (Lipinski definition) is 5. The Balaban J connectivity index is 0.960. The van der Waals surface area contributed by atoms with Crippen LogP contribution in [0.1, 0.15) is 151 Å². The highest BCUT2D eigenvalue weighted by atomic mass is 33.1. The molecule has 16 atom stereocenters. The first-order valence-electron chi connectivity index (χ1n) is 33.0. The standard InChI is InChI=1S/C76H86N2O4S2/c1-46-25-27-59(70(81)82)68-64(79)42-75-40-47-35-49-17-6-7-19-54(49)44-83-84-45-63-69(75)62(39-55(36-47)72(68,75)2)76-33-29-65(80)73-30-11-10-23-57(67-58-22-9-8-18-52(58)38-61(76)60(67)41-74(63,71(73)76)32-14-31-73)51-21-12-20-50(37-51)53-26-28-66(78-43-53)77-34-13-24-56(46)48-15-4-3-5-16-48/h6-9,12,14,17-22,26,28,32,37-38,41,47-48,55-57,59,61,63-65,68,71,77-80H,1,3-5,13,15-16,23-25,27,29-31,33-36,39-40,42-45H2,2H3,(H,81,82). The molecule has 16 unspecified atom stereocenters. The van der Waals surface area contributed by atoms with Crippen LogP contribution < -0.4 is 21.1 Å². The third kappa shape index (κ3) is 7.87. The van der Waals surface area contributed by atoms with E-state index < -0.39 is 51.7 Å². The zero-order chi connectivity index (χ0) is 56.7. The first-order chi connectivity index (χ1) is 41.0. The van der Waals surface area contributed by atoms with Gasteiger partial charge in [0.2, 0.25) is 0 Å². The average Bonchev–Trinajstić information content (AvgIpc) is 0.965. The van der Waals surface area contributed by atoms with Crippen LogP contribution in [0.4, 0.5) is 0 Å². The highest BCUT2D eigenvalue weighted by Gasteiger charge is 2.80. The summed E-state index contributed by atoms with van der Waals surface area (Å²) in [5, 5.41) is 49.1. The summed E-state index contributed by atoms with van der Waals surface area (Å²) in [7, 11) is 4.08. The number of fused-ring (bicyclic) bond motifs is 3. The minimum Gasteiger partial charge on any atom is -0.481 e. The number of dihydropyridines is 1. The van der Waals surface area contributed by atoms with Gasteiger partial charge in [0.25, 0.3) is 0 Å². The number of aliphatic carboxylic acids is 1. The predicted molar refractivity (Wildman–Crippen MR) is 342 cm³/mol. The number of rotatable bonds is 2. The van der Waals surface area contributed by atoms with Crippen LogP contribution in [0.25, 0.3) is 17.2 Å². The van der Waals surface area contributed by atoms with Crippen LogP contribution in [0.3, 0.4) is 0 Å². The second-order valence-corrected chi connectivity index (χ2v) is 31.7. The van der Waals surface area contributed by atoms with Gasteiger partial charge in [0, 0.05) is 82.8 Å². The summed E-state index contributed by atoms with van der Waals surface area (Å²) in [4.78, 5) is 14.6. The number of nitrogens with one attached hydrogen (secondary N) is 2. The molecule has 7 aliphatic heterocycles. The maximum absolute atomic E-state index is 14.6. The largest absolute Gasteiger partial charge is 0.481 e. The van der Waals surface area contributed by atoms with Crippen LogP contribution >= 0.6 is 21.6 Å². The normalized spacial score (nSPS) is 40.9. The summed E-state index contributed by atoms with van der Waals surface area (Å²) in [5.74, 6) is 10.8. The summed E-state index contributed by atoms with van der Waals surface area (Å²) >= 11 is 0. The van der Waals surface area contributed by atoms with E-state index in [1.165, 1.54) is 87.1 Å². The maximum atomic E-state index is 14.6. The topological polar surface area (TPSA) is 102 Å². The van der Waals surface area contributed by atoms with E-state index >= 15 is 0 Å². The first kappa shape index (κ1) is 54.5. The summed E-state index contributed by atoms with van der Waals surface area (Å²) in [6.07, 6.45) is 32.0. The Bertz CT molecular complexity index is 3610. The molecule has 10 aliphatic carbocycles. The number of carboxylic acid groups (broad SMARTS) is 1. The van der Waals surface area contributed by atoms with Crippen LogP contribution in [0.2, 0.25) is 0 Å². The van der Waals surface area contributed by atoms with Crippen molar-refractivity contribution < 1.29 is 20.1 Å². The van der Waals surface area contributed by atoms with E-state index in [0.29, 0.717) is 49.9 Å². The summed E-state index contributed by atoms with van der Waals surface area (Å²) in [5.41, 5.74) is 12.0. The molecule has 0 radical (unpaired) electrons. The van der Waals surface area contributed by atoms with Crippen molar-refractivity contribution in [2.75, 3.05) is 18.8 Å². The molecule has 4 fully saturated rings. The molecule has 0 saturated heterocycles. The molecule has 436 valence electrons. The second-order valence-electron chi connectivity index (χ2n) is 29.2. The fraction of sp³-hybridized carbons (Fsp3) is 0.539. The molecule has 3 spiro atoms. The Hall–Kier alpha value is -4.91. The molecule has 7 heterocycles. The molecular formula is C76H86N2O4S2. The van der Waals surface area contributed by atoms with Gasteiger partial charge in [0.1, 0.15) is 0 Å². The molecule has 4 saturated carbocycles. The van der Waals surface area contributed by atoms with Crippen molar-refractivity contribution >= 4 is 44.8 Å². The monoisotopic (exact) mass is 1150 g/mol. The Morgan fingerprint density at radius 2 is 1.73 bits per heavy atom. The number of aliphatic hydroxyl groups excluding tert-OH is 2. The number of benzene rings is 3. The molecular weight excluding hydrogens is 1070 g/mol. The number of hydrogen-bond acceptors (Lipinski definition) is 7. The fourth-order valence-corrected chi connectivity index (χ4v) is 25.4. The lowest BCUT2D eigenvalue weighted by atomic mass is 9.27. The van der Waals surface area contributed by atoms with Crippen LogP contribution in [0, 0.1) is 92.2 Å². The number of allylic oxidation sites excluding steroid dienone is 9. The van der Waals surface area contributed by atoms with Gasteiger partial charge in [0.15, 0.2) is 0 Å². The molecule has 20 bridgehead atoms. The maximum Gasteiger partial charge on any atom is 0.306 e. The average molecular weight is 1160 g/mol. The molecule has 84 heavy (non-hydrogen) atoms. The third-order valence-electron chi connectivity index (χ3n) is 26.0. The van der Waals surface area contributed by atoms with Gasteiger partial charge in [-0.15, -0.1) is 11.8 Å². The van der Waals surface area contributed by atoms with Crippen molar-refractivity contribution in [3.8, 4) is 11.8 Å².